The van der Waals surface area contributed by atoms with Gasteiger partial charge in [-0.25, -0.2) is 0 Å². The fourth-order valence-corrected chi connectivity index (χ4v) is 3.17. The summed E-state index contributed by atoms with van der Waals surface area (Å²) < 4.78 is 5.35. The van der Waals surface area contributed by atoms with Gasteiger partial charge >= 0.3 is 0 Å². The van der Waals surface area contributed by atoms with E-state index in [0.29, 0.717) is 31.0 Å². The summed E-state index contributed by atoms with van der Waals surface area (Å²) in [6.45, 7) is 3.52. The standard InChI is InChI=1S/C16H18N2O3S/c1-2-21-13-5-3-4-12(10-13)15(19)14(11-17)16(20)18-6-8-22-9-7-18/h3-5,10,14H,2,6-9H2,1H3. The van der Waals surface area contributed by atoms with Crippen LogP contribution >= 0.6 is 11.8 Å². The van der Waals surface area contributed by atoms with Crippen molar-refractivity contribution in [2.24, 2.45) is 5.92 Å². The van der Waals surface area contributed by atoms with E-state index >= 15 is 0 Å². The molecule has 0 spiro atoms. The predicted octanol–water partition coefficient (Wildman–Crippen LogP) is 1.98. The second kappa shape index (κ2) is 7.85. The maximum Gasteiger partial charge on any atom is 0.248 e. The zero-order chi connectivity index (χ0) is 15.9. The molecule has 1 amide bonds. The highest BCUT2D eigenvalue weighted by Gasteiger charge is 2.32. The Balaban J connectivity index is 2.16. The number of Topliss-reactive ketones (excluding diaryl/α,β-unsaturated/α-hetero) is 1. The number of thioether (sulfide) groups is 1. The monoisotopic (exact) mass is 318 g/mol. The van der Waals surface area contributed by atoms with Crippen LogP contribution in [0.3, 0.4) is 0 Å². The van der Waals surface area contributed by atoms with E-state index in [2.05, 4.69) is 0 Å². The minimum absolute atomic E-state index is 0.331. The predicted molar refractivity (Wildman–Crippen MR) is 84.9 cm³/mol. The maximum atomic E-state index is 12.5. The quantitative estimate of drug-likeness (QED) is 0.613. The van der Waals surface area contributed by atoms with Crippen LogP contribution in [0.1, 0.15) is 17.3 Å². The molecule has 1 fully saturated rings. The van der Waals surface area contributed by atoms with Gasteiger partial charge in [0.25, 0.3) is 0 Å². The molecule has 0 aromatic heterocycles. The van der Waals surface area contributed by atoms with Crippen LogP contribution in [0.4, 0.5) is 0 Å². The van der Waals surface area contributed by atoms with Crippen LogP contribution in [0.15, 0.2) is 24.3 Å². The maximum absolute atomic E-state index is 12.5. The van der Waals surface area contributed by atoms with Gasteiger partial charge in [0.2, 0.25) is 5.91 Å². The number of hydrogen-bond acceptors (Lipinski definition) is 5. The second-order valence-corrected chi connectivity index (χ2v) is 6.05. The van der Waals surface area contributed by atoms with Crippen LogP contribution in [-0.2, 0) is 4.79 Å². The molecule has 0 aliphatic carbocycles. The Kier molecular flexibility index (Phi) is 5.84. The Morgan fingerprint density at radius 1 is 1.41 bits per heavy atom. The van der Waals surface area contributed by atoms with Gasteiger partial charge < -0.3 is 9.64 Å². The molecule has 1 aromatic carbocycles. The number of hydrogen-bond donors (Lipinski definition) is 0. The summed E-state index contributed by atoms with van der Waals surface area (Å²) in [6.07, 6.45) is 0. The van der Waals surface area contributed by atoms with Crippen LogP contribution < -0.4 is 4.74 Å². The van der Waals surface area contributed by atoms with Crippen molar-refractivity contribution in [3.8, 4) is 11.8 Å². The van der Waals surface area contributed by atoms with E-state index in [1.165, 1.54) is 0 Å². The average molecular weight is 318 g/mol. The van der Waals surface area contributed by atoms with E-state index in [0.717, 1.165) is 11.5 Å². The number of rotatable bonds is 5. The molecule has 0 N–H and O–H groups in total. The summed E-state index contributed by atoms with van der Waals surface area (Å²) >= 11 is 1.77. The smallest absolute Gasteiger partial charge is 0.248 e. The van der Waals surface area contributed by atoms with Crippen molar-refractivity contribution in [2.75, 3.05) is 31.2 Å². The van der Waals surface area contributed by atoms with Crippen molar-refractivity contribution in [3.05, 3.63) is 29.8 Å². The highest BCUT2D eigenvalue weighted by atomic mass is 32.2. The first-order valence-electron chi connectivity index (χ1n) is 7.20. The third-order valence-corrected chi connectivity index (χ3v) is 4.33. The first-order valence-corrected chi connectivity index (χ1v) is 8.36. The third kappa shape index (κ3) is 3.80. The van der Waals surface area contributed by atoms with Gasteiger partial charge in [-0.1, -0.05) is 12.1 Å². The van der Waals surface area contributed by atoms with Crippen LogP contribution in [0.2, 0.25) is 0 Å². The number of nitrogens with zero attached hydrogens (tertiary/aromatic N) is 2. The second-order valence-electron chi connectivity index (χ2n) is 4.82. The molecule has 0 saturated carbocycles. The molecular formula is C16H18N2O3S. The first-order chi connectivity index (χ1) is 10.7. The number of ketones is 1. The van der Waals surface area contributed by atoms with E-state index in [9.17, 15) is 14.9 Å². The molecule has 2 rings (SSSR count). The van der Waals surface area contributed by atoms with Gasteiger partial charge in [0.15, 0.2) is 11.7 Å². The molecule has 6 heteroatoms. The first kappa shape index (κ1) is 16.4. The lowest BCUT2D eigenvalue weighted by atomic mass is 9.97. The molecule has 1 unspecified atom stereocenters. The molecule has 1 aliphatic heterocycles. The minimum atomic E-state index is -1.28. The summed E-state index contributed by atoms with van der Waals surface area (Å²) in [5.74, 6) is 0.115. The zero-order valence-corrected chi connectivity index (χ0v) is 13.3. The Labute approximate surface area is 134 Å². The fraction of sp³-hybridized carbons (Fsp3) is 0.438. The van der Waals surface area contributed by atoms with Crippen molar-refractivity contribution >= 4 is 23.5 Å². The molecule has 5 nitrogen and oxygen atoms in total. The van der Waals surface area contributed by atoms with Crippen molar-refractivity contribution < 1.29 is 14.3 Å². The van der Waals surface area contributed by atoms with Gasteiger partial charge in [0.05, 0.1) is 12.7 Å². The van der Waals surface area contributed by atoms with Gasteiger partial charge in [-0.2, -0.15) is 17.0 Å². The van der Waals surface area contributed by atoms with Crippen molar-refractivity contribution in [1.29, 1.82) is 5.26 Å². The highest BCUT2D eigenvalue weighted by Crippen LogP contribution is 2.19. The SMILES string of the molecule is CCOc1cccc(C(=O)C(C#N)C(=O)N2CCSCC2)c1. The molecule has 1 atom stereocenters. The molecule has 1 saturated heterocycles. The summed E-state index contributed by atoms with van der Waals surface area (Å²) in [6, 6.07) is 8.48. The highest BCUT2D eigenvalue weighted by molar-refractivity contribution is 7.99. The van der Waals surface area contributed by atoms with Crippen LogP contribution in [0, 0.1) is 17.2 Å². The van der Waals surface area contributed by atoms with Gasteiger partial charge in [0.1, 0.15) is 5.75 Å². The topological polar surface area (TPSA) is 70.4 Å². The van der Waals surface area contributed by atoms with Crippen LogP contribution in [0.25, 0.3) is 0 Å². The van der Waals surface area contributed by atoms with Gasteiger partial charge in [-0.3, -0.25) is 9.59 Å². The van der Waals surface area contributed by atoms with Crippen LogP contribution in [0.5, 0.6) is 5.75 Å². The third-order valence-electron chi connectivity index (χ3n) is 3.39. The molecule has 0 radical (unpaired) electrons. The minimum Gasteiger partial charge on any atom is -0.494 e. The normalized spacial score (nSPS) is 15.7. The van der Waals surface area contributed by atoms with E-state index in [4.69, 9.17) is 4.74 Å². The van der Waals surface area contributed by atoms with E-state index in [1.54, 1.807) is 40.9 Å². The lowest BCUT2D eigenvalue weighted by Crippen LogP contribution is -2.43. The van der Waals surface area contributed by atoms with Crippen molar-refractivity contribution in [2.45, 2.75) is 6.92 Å². The summed E-state index contributed by atoms with van der Waals surface area (Å²) in [4.78, 5) is 26.5. The molecular weight excluding hydrogens is 300 g/mol. The fourth-order valence-electron chi connectivity index (χ4n) is 2.26. The Hall–Kier alpha value is -2.00. The Morgan fingerprint density at radius 2 is 2.14 bits per heavy atom. The summed E-state index contributed by atoms with van der Waals surface area (Å²) in [5, 5.41) is 9.28. The van der Waals surface area contributed by atoms with E-state index in [1.807, 2.05) is 13.0 Å². The molecule has 22 heavy (non-hydrogen) atoms. The molecule has 0 bridgehead atoms. The van der Waals surface area contributed by atoms with E-state index < -0.39 is 17.6 Å². The number of benzene rings is 1. The lowest BCUT2D eigenvalue weighted by Gasteiger charge is -2.27. The Bertz CT molecular complexity index is 591. The van der Waals surface area contributed by atoms with Gasteiger partial charge in [-0.15, -0.1) is 0 Å². The molecule has 1 heterocycles. The van der Waals surface area contributed by atoms with Crippen molar-refractivity contribution in [3.63, 3.8) is 0 Å². The number of ether oxygens (including phenoxy) is 1. The Morgan fingerprint density at radius 3 is 2.77 bits per heavy atom. The molecule has 1 aliphatic rings. The zero-order valence-electron chi connectivity index (χ0n) is 12.4. The lowest BCUT2D eigenvalue weighted by molar-refractivity contribution is -0.132. The number of nitriles is 1. The van der Waals surface area contributed by atoms with Crippen LogP contribution in [-0.4, -0.2) is 47.8 Å². The van der Waals surface area contributed by atoms with E-state index in [-0.39, 0.29) is 0 Å². The summed E-state index contributed by atoms with van der Waals surface area (Å²) in [7, 11) is 0. The summed E-state index contributed by atoms with van der Waals surface area (Å²) in [5.41, 5.74) is 0.331. The average Bonchev–Trinajstić information content (AvgIpc) is 2.56. The number of amides is 1. The van der Waals surface area contributed by atoms with Gasteiger partial charge in [0, 0.05) is 30.2 Å². The van der Waals surface area contributed by atoms with Crippen molar-refractivity contribution in [1.82, 2.24) is 4.90 Å². The largest absolute Gasteiger partial charge is 0.494 e. The molecule has 116 valence electrons. The number of carbonyl (C=O) groups is 2. The number of carbonyl (C=O) groups excluding carboxylic acids is 2. The molecule has 1 aromatic rings. The van der Waals surface area contributed by atoms with Gasteiger partial charge in [-0.05, 0) is 19.1 Å².